The van der Waals surface area contributed by atoms with E-state index in [0.717, 1.165) is 43.6 Å². The highest BCUT2D eigenvalue weighted by Gasteiger charge is 2.88. The Hall–Kier alpha value is -2.92. The summed E-state index contributed by atoms with van der Waals surface area (Å²) in [7, 11) is 6.45. The number of hydrogen-bond donors (Lipinski definition) is 0. The van der Waals surface area contributed by atoms with Crippen LogP contribution >= 0.6 is 46.4 Å². The van der Waals surface area contributed by atoms with Crippen molar-refractivity contribution < 1.29 is 18.9 Å². The molecular weight excluding hydrogens is 766 g/mol. The van der Waals surface area contributed by atoms with Crippen molar-refractivity contribution in [3.63, 3.8) is 0 Å². The lowest BCUT2D eigenvalue weighted by molar-refractivity contribution is -0.239. The van der Waals surface area contributed by atoms with Crippen molar-refractivity contribution in [1.82, 2.24) is 19.9 Å². The molecule has 2 aromatic heterocycles. The molecule has 8 nitrogen and oxygen atoms in total. The highest BCUT2D eigenvalue weighted by atomic mass is 35.5. The Morgan fingerprint density at radius 2 is 0.833 bits per heavy atom. The SMILES string of the molecule is COC1(OC)[C@@]2(Cl)c3nc4cc5ccccc5cc4nc3[C@]1(Cl)[C@@H]1CC[C@H]3[C@@H](CC[C@@H]12)[C@@]1(Cl)c2nc4ccc5ccccc5c4nc2[C@]3(Cl)C1(OC)OC. The number of rotatable bonds is 4. The number of halogens is 4. The average Bonchev–Trinajstić information content (AvgIpc) is 3.60. The van der Waals surface area contributed by atoms with E-state index < -0.39 is 31.1 Å². The molecule has 276 valence electrons. The molecule has 2 heterocycles. The topological polar surface area (TPSA) is 88.5 Å². The summed E-state index contributed by atoms with van der Waals surface area (Å²) < 4.78 is 25.7. The van der Waals surface area contributed by atoms with Gasteiger partial charge in [0.05, 0.1) is 44.8 Å². The van der Waals surface area contributed by atoms with E-state index in [9.17, 15) is 0 Å². The van der Waals surface area contributed by atoms with Gasteiger partial charge in [0.2, 0.25) is 11.6 Å². The molecule has 5 aliphatic carbocycles. The summed E-state index contributed by atoms with van der Waals surface area (Å²) in [6.07, 6.45) is 2.50. The van der Waals surface area contributed by atoms with Crippen LogP contribution in [0.2, 0.25) is 0 Å². The van der Waals surface area contributed by atoms with Gasteiger partial charge in [0.1, 0.15) is 19.5 Å². The average molecular weight is 803 g/mol. The van der Waals surface area contributed by atoms with Gasteiger partial charge in [-0.1, -0.05) is 54.6 Å². The number of fused-ring (bicyclic) bond motifs is 21. The molecule has 6 aromatic rings. The number of alkyl halides is 4. The number of methoxy groups -OCH3 is 4. The number of benzene rings is 4. The maximum Gasteiger partial charge on any atom is 0.219 e. The smallest absolute Gasteiger partial charge is 0.219 e. The van der Waals surface area contributed by atoms with Crippen LogP contribution in [0.25, 0.3) is 43.6 Å². The van der Waals surface area contributed by atoms with E-state index in [4.69, 9.17) is 85.3 Å². The van der Waals surface area contributed by atoms with Gasteiger partial charge in [-0.05, 0) is 83.7 Å². The Labute approximate surface area is 331 Å². The van der Waals surface area contributed by atoms with Crippen LogP contribution in [0.5, 0.6) is 0 Å². The second-order valence-electron chi connectivity index (χ2n) is 15.7. The fourth-order valence-electron chi connectivity index (χ4n) is 12.2. The Balaban J connectivity index is 1.10. The van der Waals surface area contributed by atoms with Gasteiger partial charge < -0.3 is 18.9 Å². The minimum absolute atomic E-state index is 0.212. The van der Waals surface area contributed by atoms with Gasteiger partial charge in [-0.15, -0.1) is 46.4 Å². The van der Waals surface area contributed by atoms with Crippen molar-refractivity contribution in [2.24, 2.45) is 23.7 Å². The van der Waals surface area contributed by atoms with Crippen LogP contribution in [-0.4, -0.2) is 59.9 Å². The molecular formula is C42H36Cl4N4O4. The molecule has 54 heavy (non-hydrogen) atoms. The van der Waals surface area contributed by atoms with E-state index in [0.29, 0.717) is 48.5 Å². The van der Waals surface area contributed by atoms with Crippen LogP contribution in [0.3, 0.4) is 0 Å². The third kappa shape index (κ3) is 3.42. The molecule has 11 rings (SSSR count). The maximum atomic E-state index is 8.11. The lowest BCUT2D eigenvalue weighted by atomic mass is 9.65. The molecule has 4 aromatic carbocycles. The molecule has 3 saturated carbocycles. The molecule has 0 radical (unpaired) electrons. The zero-order valence-corrected chi connectivity index (χ0v) is 33.0. The summed E-state index contributed by atoms with van der Waals surface area (Å²) in [5.41, 5.74) is 5.38. The van der Waals surface area contributed by atoms with Gasteiger partial charge in [-0.3, -0.25) is 0 Å². The van der Waals surface area contributed by atoms with E-state index >= 15 is 0 Å². The second-order valence-corrected chi connectivity index (χ2v) is 18.0. The van der Waals surface area contributed by atoms with Gasteiger partial charge in [-0.2, -0.15) is 0 Å². The van der Waals surface area contributed by atoms with Crippen molar-refractivity contribution in [1.29, 1.82) is 0 Å². The molecule has 5 aliphatic rings. The minimum Gasteiger partial charge on any atom is -0.349 e. The highest BCUT2D eigenvalue weighted by Crippen LogP contribution is 2.81. The third-order valence-corrected chi connectivity index (χ3v) is 17.0. The molecule has 3 fully saturated rings. The van der Waals surface area contributed by atoms with Crippen LogP contribution in [0, 0.1) is 23.7 Å². The standard InChI is InChI=1S/C42H36Cl4N4O4/c1-51-41(52-2)37(43)25-14-15-27-28(17-16-26(25)38(41,44)34-33(37)48-30-19-22-10-5-6-11-23(22)20-31(30)49-34)40(46)36-35(39(27,45)42(40,53-3)54-4)47-29-18-13-21-9-7-8-12-24(21)32(29)50-36/h5-13,18-20,25-28H,14-17H2,1-4H3/t25-,26+,27+,28-,37-,38+,39+,40-/m0/s1. The van der Waals surface area contributed by atoms with E-state index in [-0.39, 0.29) is 23.7 Å². The number of nitrogens with zero attached hydrogens (tertiary/aromatic N) is 4. The Morgan fingerprint density at radius 1 is 0.463 bits per heavy atom. The van der Waals surface area contributed by atoms with Gasteiger partial charge in [0.15, 0.2) is 0 Å². The molecule has 0 spiro atoms. The highest BCUT2D eigenvalue weighted by molar-refractivity contribution is 6.33. The second kappa shape index (κ2) is 10.9. The van der Waals surface area contributed by atoms with Crippen molar-refractivity contribution in [2.75, 3.05) is 28.4 Å². The predicted octanol–water partition coefficient (Wildman–Crippen LogP) is 9.39. The molecule has 0 N–H and O–H groups in total. The quantitative estimate of drug-likeness (QED) is 0.0755. The van der Waals surface area contributed by atoms with Crippen LogP contribution in [0.1, 0.15) is 48.5 Å². The van der Waals surface area contributed by atoms with Gasteiger partial charge in [-0.25, -0.2) is 19.9 Å². The van der Waals surface area contributed by atoms with Crippen LogP contribution < -0.4 is 0 Å². The van der Waals surface area contributed by atoms with Crippen molar-refractivity contribution in [3.8, 4) is 0 Å². The van der Waals surface area contributed by atoms with E-state index in [1.807, 2.05) is 30.3 Å². The zero-order valence-electron chi connectivity index (χ0n) is 30.0. The summed E-state index contributed by atoms with van der Waals surface area (Å²) >= 11 is 32.4. The Bertz CT molecular complexity index is 2600. The molecule has 0 aliphatic heterocycles. The summed E-state index contributed by atoms with van der Waals surface area (Å²) in [6, 6.07) is 24.5. The summed E-state index contributed by atoms with van der Waals surface area (Å²) in [4.78, 5) is 16.1. The van der Waals surface area contributed by atoms with Gasteiger partial charge >= 0.3 is 0 Å². The molecule has 0 amide bonds. The van der Waals surface area contributed by atoms with E-state index in [1.165, 1.54) is 0 Å². The molecule has 8 atom stereocenters. The van der Waals surface area contributed by atoms with Crippen molar-refractivity contribution in [2.45, 2.75) is 56.8 Å². The first-order valence-electron chi connectivity index (χ1n) is 18.4. The monoisotopic (exact) mass is 800 g/mol. The summed E-state index contributed by atoms with van der Waals surface area (Å²) in [5, 5.41) is 4.18. The predicted molar refractivity (Wildman–Crippen MR) is 210 cm³/mol. The molecule has 4 bridgehead atoms. The van der Waals surface area contributed by atoms with Gasteiger partial charge in [0, 0.05) is 33.8 Å². The van der Waals surface area contributed by atoms with E-state index in [2.05, 4.69) is 42.5 Å². The first-order chi connectivity index (χ1) is 26.0. The first kappa shape index (κ1) is 34.3. The molecule has 0 unspecified atom stereocenters. The van der Waals surface area contributed by atoms with Gasteiger partial charge in [0.25, 0.3) is 0 Å². The third-order valence-electron chi connectivity index (χ3n) is 14.1. The van der Waals surface area contributed by atoms with Crippen LogP contribution in [0.4, 0.5) is 0 Å². The normalized spacial score (nSPS) is 35.3. The molecule has 12 heteroatoms. The number of ether oxygens (including phenoxy) is 4. The maximum absolute atomic E-state index is 8.11. The molecule has 0 saturated heterocycles. The van der Waals surface area contributed by atoms with Crippen molar-refractivity contribution in [3.05, 3.63) is 95.6 Å². The summed E-state index contributed by atoms with van der Waals surface area (Å²) in [5.74, 6) is -3.77. The van der Waals surface area contributed by atoms with E-state index in [1.54, 1.807) is 28.4 Å². The fourth-order valence-corrected chi connectivity index (χ4v) is 15.0. The van der Waals surface area contributed by atoms with Crippen LogP contribution in [0.15, 0.2) is 72.8 Å². The first-order valence-corrected chi connectivity index (χ1v) is 19.9. The fraction of sp³-hybridized carbons (Fsp3) is 0.429. The zero-order chi connectivity index (χ0) is 37.2. The Kier molecular flexibility index (Phi) is 6.95. The largest absolute Gasteiger partial charge is 0.349 e. The Morgan fingerprint density at radius 3 is 1.26 bits per heavy atom. The lowest BCUT2D eigenvalue weighted by Crippen LogP contribution is -2.54. The van der Waals surface area contributed by atoms with Crippen molar-refractivity contribution >= 4 is 90.0 Å². The lowest BCUT2D eigenvalue weighted by Gasteiger charge is -2.44. The van der Waals surface area contributed by atoms with Crippen LogP contribution in [-0.2, 0) is 38.4 Å². The number of hydrogen-bond acceptors (Lipinski definition) is 8. The minimum atomic E-state index is -1.46. The summed E-state index contributed by atoms with van der Waals surface area (Å²) in [6.45, 7) is 0. The number of aromatic nitrogens is 4.